The Morgan fingerprint density at radius 2 is 1.81 bits per heavy atom. The van der Waals surface area contributed by atoms with Crippen LogP contribution in [0.5, 0.6) is 0 Å². The molecule has 2 aromatic carbocycles. The highest BCUT2D eigenvalue weighted by Gasteiger charge is 2.11. The molecule has 0 spiro atoms. The lowest BCUT2D eigenvalue weighted by Gasteiger charge is -2.10. The van der Waals surface area contributed by atoms with Gasteiger partial charge in [-0.1, -0.05) is 30.3 Å². The number of hydrogen-bond donors (Lipinski definition) is 1. The van der Waals surface area contributed by atoms with E-state index in [1.54, 1.807) is 6.92 Å². The highest BCUT2D eigenvalue weighted by Crippen LogP contribution is 2.22. The number of nitrogens with one attached hydrogen (secondary N) is 1. The molecule has 1 heterocycles. The molecule has 2 nitrogen and oxygen atoms in total. The fourth-order valence-corrected chi connectivity index (χ4v) is 2.20. The maximum absolute atomic E-state index is 13.9. The quantitative estimate of drug-likeness (QED) is 0.769. The minimum atomic E-state index is -0.598. The zero-order chi connectivity index (χ0) is 14.8. The zero-order valence-electron chi connectivity index (χ0n) is 11.5. The lowest BCUT2D eigenvalue weighted by molar-refractivity contribution is 0.582. The molecule has 0 saturated heterocycles. The number of nitrogens with zero attached hydrogens (tertiary/aromatic N) is 1. The van der Waals surface area contributed by atoms with Crippen molar-refractivity contribution in [2.45, 2.75) is 13.5 Å². The van der Waals surface area contributed by atoms with Gasteiger partial charge in [0.25, 0.3) is 0 Å². The van der Waals surface area contributed by atoms with Crippen molar-refractivity contribution in [3.63, 3.8) is 0 Å². The van der Waals surface area contributed by atoms with E-state index in [4.69, 9.17) is 0 Å². The molecule has 0 saturated carbocycles. The second-order valence-corrected chi connectivity index (χ2v) is 4.90. The van der Waals surface area contributed by atoms with E-state index in [1.807, 2.05) is 36.4 Å². The minimum Gasteiger partial charge on any atom is -0.375 e. The summed E-state index contributed by atoms with van der Waals surface area (Å²) < 4.78 is 27.6. The van der Waals surface area contributed by atoms with Crippen LogP contribution in [0.4, 0.5) is 14.5 Å². The number of hydrogen-bond acceptors (Lipinski definition) is 2. The summed E-state index contributed by atoms with van der Waals surface area (Å²) in [6, 6.07) is 14.2. The molecule has 1 aromatic heterocycles. The largest absolute Gasteiger partial charge is 0.375 e. The molecule has 0 aliphatic carbocycles. The molecule has 0 radical (unpaired) electrons. The second kappa shape index (κ2) is 5.48. The van der Waals surface area contributed by atoms with Gasteiger partial charge in [0.1, 0.15) is 11.5 Å². The van der Waals surface area contributed by atoms with E-state index in [2.05, 4.69) is 10.3 Å². The van der Waals surface area contributed by atoms with Crippen LogP contribution in [0.15, 0.2) is 48.5 Å². The van der Waals surface area contributed by atoms with Crippen molar-refractivity contribution in [3.8, 4) is 0 Å². The molecule has 3 rings (SSSR count). The van der Waals surface area contributed by atoms with Crippen LogP contribution < -0.4 is 5.32 Å². The van der Waals surface area contributed by atoms with E-state index >= 15 is 0 Å². The maximum atomic E-state index is 13.9. The molecular formula is C17H14F2N2. The van der Waals surface area contributed by atoms with E-state index in [-0.39, 0.29) is 12.2 Å². The highest BCUT2D eigenvalue weighted by molar-refractivity contribution is 5.78. The Hall–Kier alpha value is -2.49. The Kier molecular flexibility index (Phi) is 3.52. The first kappa shape index (κ1) is 13.5. The number of aryl methyl sites for hydroxylation is 1. The molecule has 1 N–H and O–H groups in total. The van der Waals surface area contributed by atoms with Gasteiger partial charge in [0, 0.05) is 5.39 Å². The molecule has 0 fully saturated rings. The highest BCUT2D eigenvalue weighted by atomic mass is 19.1. The Morgan fingerprint density at radius 1 is 1.00 bits per heavy atom. The Balaban J connectivity index is 1.85. The molecule has 106 valence electrons. The van der Waals surface area contributed by atoms with E-state index in [9.17, 15) is 8.78 Å². The molecule has 0 atom stereocenters. The van der Waals surface area contributed by atoms with Gasteiger partial charge in [-0.15, -0.1) is 0 Å². The van der Waals surface area contributed by atoms with Crippen LogP contribution in [0.25, 0.3) is 10.9 Å². The van der Waals surface area contributed by atoms with Crippen molar-refractivity contribution >= 4 is 16.6 Å². The molecule has 0 aliphatic rings. The van der Waals surface area contributed by atoms with Crippen LogP contribution in [0, 0.1) is 18.6 Å². The van der Waals surface area contributed by atoms with Gasteiger partial charge >= 0.3 is 0 Å². The van der Waals surface area contributed by atoms with Crippen molar-refractivity contribution in [1.82, 2.24) is 4.98 Å². The summed E-state index contributed by atoms with van der Waals surface area (Å²) in [6.07, 6.45) is 0. The van der Waals surface area contributed by atoms with Crippen LogP contribution in [-0.2, 0) is 6.54 Å². The summed E-state index contributed by atoms with van der Waals surface area (Å²) in [6.45, 7) is 1.87. The smallest absolute Gasteiger partial charge is 0.152 e. The van der Waals surface area contributed by atoms with Crippen molar-refractivity contribution in [3.05, 3.63) is 71.4 Å². The fourth-order valence-electron chi connectivity index (χ4n) is 2.20. The second-order valence-electron chi connectivity index (χ2n) is 4.90. The summed E-state index contributed by atoms with van der Waals surface area (Å²) in [7, 11) is 0. The van der Waals surface area contributed by atoms with Gasteiger partial charge in [-0.3, -0.25) is 4.98 Å². The van der Waals surface area contributed by atoms with E-state index < -0.39 is 11.6 Å². The van der Waals surface area contributed by atoms with Crippen LogP contribution in [0.3, 0.4) is 0 Å². The number of rotatable bonds is 3. The maximum Gasteiger partial charge on any atom is 0.152 e. The third-order valence-electron chi connectivity index (χ3n) is 3.39. The van der Waals surface area contributed by atoms with Crippen LogP contribution >= 0.6 is 0 Å². The predicted molar refractivity (Wildman–Crippen MR) is 80.2 cm³/mol. The van der Waals surface area contributed by atoms with Gasteiger partial charge in [0.05, 0.1) is 17.8 Å². The number of halogens is 2. The molecule has 21 heavy (non-hydrogen) atoms. The average Bonchev–Trinajstić information content (AvgIpc) is 2.51. The van der Waals surface area contributed by atoms with Crippen LogP contribution in [-0.4, -0.2) is 4.98 Å². The van der Waals surface area contributed by atoms with Gasteiger partial charge < -0.3 is 5.32 Å². The van der Waals surface area contributed by atoms with E-state index in [0.717, 1.165) is 16.6 Å². The van der Waals surface area contributed by atoms with Gasteiger partial charge in [0.2, 0.25) is 0 Å². The molecule has 3 aromatic rings. The lowest BCUT2D eigenvalue weighted by atomic mass is 10.2. The van der Waals surface area contributed by atoms with Crippen molar-refractivity contribution in [2.75, 3.05) is 5.32 Å². The van der Waals surface area contributed by atoms with Gasteiger partial charge in [-0.05, 0) is 30.7 Å². The van der Waals surface area contributed by atoms with Crippen LogP contribution in [0.1, 0.15) is 11.3 Å². The summed E-state index contributed by atoms with van der Waals surface area (Å²) in [5, 5.41) is 3.83. The predicted octanol–water partition coefficient (Wildman–Crippen LogP) is 4.43. The third kappa shape index (κ3) is 2.70. The number of pyridine rings is 1. The molecule has 0 amide bonds. The summed E-state index contributed by atoms with van der Waals surface area (Å²) in [4.78, 5) is 4.46. The average molecular weight is 284 g/mol. The van der Waals surface area contributed by atoms with Gasteiger partial charge in [0.15, 0.2) is 5.82 Å². The van der Waals surface area contributed by atoms with Gasteiger partial charge in [-0.25, -0.2) is 8.78 Å². The first-order valence-corrected chi connectivity index (χ1v) is 6.68. The zero-order valence-corrected chi connectivity index (χ0v) is 11.5. The fraction of sp³-hybridized carbons (Fsp3) is 0.118. The summed E-state index contributed by atoms with van der Waals surface area (Å²) >= 11 is 0. The van der Waals surface area contributed by atoms with Crippen LogP contribution in [0.2, 0.25) is 0 Å². The molecular weight excluding hydrogens is 270 g/mol. The Labute approximate surface area is 121 Å². The number of fused-ring (bicyclic) bond motifs is 1. The first-order chi connectivity index (χ1) is 10.1. The normalized spacial score (nSPS) is 10.8. The number of para-hydroxylation sites is 1. The standard InChI is InChI=1S/C17H14F2N2/c1-11-6-9-14(18)17(16(11)19)20-10-13-8-7-12-4-2-3-5-15(12)21-13/h2-9,20H,10H2,1H3. The number of benzene rings is 2. The SMILES string of the molecule is Cc1ccc(F)c(NCc2ccc3ccccc3n2)c1F. The monoisotopic (exact) mass is 284 g/mol. The minimum absolute atomic E-state index is 0.107. The summed E-state index contributed by atoms with van der Waals surface area (Å²) in [5.74, 6) is -1.16. The molecule has 0 bridgehead atoms. The molecule has 0 aliphatic heterocycles. The number of aromatic nitrogens is 1. The Morgan fingerprint density at radius 3 is 2.67 bits per heavy atom. The Bertz CT molecular complexity index is 800. The lowest BCUT2D eigenvalue weighted by Crippen LogP contribution is -2.06. The van der Waals surface area contributed by atoms with E-state index in [0.29, 0.717) is 5.56 Å². The summed E-state index contributed by atoms with van der Waals surface area (Å²) in [5.41, 5.74) is 1.89. The van der Waals surface area contributed by atoms with Gasteiger partial charge in [-0.2, -0.15) is 0 Å². The van der Waals surface area contributed by atoms with Crippen molar-refractivity contribution in [1.29, 1.82) is 0 Å². The van der Waals surface area contributed by atoms with E-state index in [1.165, 1.54) is 12.1 Å². The third-order valence-corrected chi connectivity index (χ3v) is 3.39. The van der Waals surface area contributed by atoms with Crippen molar-refractivity contribution in [2.24, 2.45) is 0 Å². The van der Waals surface area contributed by atoms with Crippen molar-refractivity contribution < 1.29 is 8.78 Å². The topological polar surface area (TPSA) is 24.9 Å². The first-order valence-electron chi connectivity index (χ1n) is 6.68. The number of anilines is 1. The molecule has 0 unspecified atom stereocenters. The molecule has 4 heteroatoms.